The molecule has 174 valence electrons. The fraction of sp³-hybridized carbons (Fsp3) is 0.115. The minimum absolute atomic E-state index is 0.134. The number of thiazole rings is 1. The van der Waals surface area contributed by atoms with Gasteiger partial charge in [-0.3, -0.25) is 0 Å². The number of hydrogen-bond donors (Lipinski definition) is 3. The van der Waals surface area contributed by atoms with Gasteiger partial charge in [-0.05, 0) is 60.5 Å². The third-order valence-electron chi connectivity index (χ3n) is 6.06. The van der Waals surface area contributed by atoms with Crippen molar-refractivity contribution in [3.05, 3.63) is 83.1 Å². The summed E-state index contributed by atoms with van der Waals surface area (Å²) in [5.74, 6) is 0. The van der Waals surface area contributed by atoms with Gasteiger partial charge in [-0.15, -0.1) is 11.3 Å². The molecule has 0 aliphatic carbocycles. The Bertz CT molecular complexity index is 1590. The molecule has 35 heavy (non-hydrogen) atoms. The van der Waals surface area contributed by atoms with E-state index in [9.17, 15) is 4.79 Å². The Labute approximate surface area is 210 Å². The average Bonchev–Trinajstić information content (AvgIpc) is 3.51. The molecule has 0 radical (unpaired) electrons. The van der Waals surface area contributed by atoms with Gasteiger partial charge in [-0.25, -0.2) is 14.8 Å². The molecule has 1 aliphatic heterocycles. The molecule has 0 spiro atoms. The van der Waals surface area contributed by atoms with Gasteiger partial charge in [0.25, 0.3) is 0 Å². The lowest BCUT2D eigenvalue weighted by Gasteiger charge is -2.26. The predicted molar refractivity (Wildman–Crippen MR) is 144 cm³/mol. The van der Waals surface area contributed by atoms with Crippen molar-refractivity contribution in [1.29, 1.82) is 0 Å². The van der Waals surface area contributed by atoms with Crippen LogP contribution in [0, 0.1) is 0 Å². The quantitative estimate of drug-likeness (QED) is 0.251. The summed E-state index contributed by atoms with van der Waals surface area (Å²) in [6.07, 6.45) is 4.64. The van der Waals surface area contributed by atoms with Crippen LogP contribution in [0.5, 0.6) is 0 Å². The molecule has 7 nitrogen and oxygen atoms in total. The number of aromatic nitrogens is 3. The first kappa shape index (κ1) is 21.6. The Hall–Kier alpha value is -3.88. The lowest BCUT2D eigenvalue weighted by Crippen LogP contribution is -2.37. The summed E-state index contributed by atoms with van der Waals surface area (Å²) in [4.78, 5) is 26.8. The number of nitrogens with one attached hydrogen (secondary N) is 3. The molecule has 0 unspecified atom stereocenters. The summed E-state index contributed by atoms with van der Waals surface area (Å²) in [7, 11) is 0. The highest BCUT2D eigenvalue weighted by Crippen LogP contribution is 2.31. The van der Waals surface area contributed by atoms with Crippen molar-refractivity contribution in [2.45, 2.75) is 6.42 Å². The molecule has 5 aromatic rings. The monoisotopic (exact) mass is 500 g/mol. The molecule has 9 heteroatoms. The summed E-state index contributed by atoms with van der Waals surface area (Å²) in [6, 6.07) is 17.3. The fourth-order valence-electron chi connectivity index (χ4n) is 4.26. The smallest absolute Gasteiger partial charge is 0.322 e. The van der Waals surface area contributed by atoms with Crippen LogP contribution in [0.3, 0.4) is 0 Å². The molecule has 0 saturated carbocycles. The van der Waals surface area contributed by atoms with E-state index in [0.717, 1.165) is 44.7 Å². The first-order chi connectivity index (χ1) is 17.1. The fourth-order valence-corrected chi connectivity index (χ4v) is 5.17. The SMILES string of the molecule is O=C(Nc1cccc(Cl)c1)N1CC=C(c2cc3c(Nc4ccc5ncsc5c4)ccnc3[nH]2)CC1. The molecule has 2 aromatic carbocycles. The first-order valence-corrected chi connectivity index (χ1v) is 12.5. The zero-order chi connectivity index (χ0) is 23.8. The van der Waals surface area contributed by atoms with Gasteiger partial charge >= 0.3 is 6.03 Å². The number of nitrogens with zero attached hydrogens (tertiary/aromatic N) is 3. The van der Waals surface area contributed by atoms with Crippen LogP contribution >= 0.6 is 22.9 Å². The highest BCUT2D eigenvalue weighted by atomic mass is 35.5. The number of hydrogen-bond acceptors (Lipinski definition) is 5. The predicted octanol–water partition coefficient (Wildman–Crippen LogP) is 6.89. The standard InChI is InChI=1S/C26H21ClN6OS/c27-17-2-1-3-18(12-17)31-26(34)33-10-7-16(8-11-33)23-14-20-21(6-9-28-25(20)32-23)30-19-4-5-22-24(13-19)35-15-29-22/h1-7,9,12-15H,8,10-11H2,(H,31,34)(H2,28,30,32). The van der Waals surface area contributed by atoms with Crippen molar-refractivity contribution < 1.29 is 4.79 Å². The van der Waals surface area contributed by atoms with Crippen LogP contribution in [0.4, 0.5) is 21.9 Å². The van der Waals surface area contributed by atoms with Crippen LogP contribution in [0.25, 0.3) is 26.8 Å². The maximum Gasteiger partial charge on any atom is 0.322 e. The van der Waals surface area contributed by atoms with Gasteiger partial charge < -0.3 is 20.5 Å². The number of urea groups is 1. The number of H-pyrrole nitrogens is 1. The van der Waals surface area contributed by atoms with Crippen molar-refractivity contribution in [3.8, 4) is 0 Å². The Balaban J connectivity index is 1.19. The van der Waals surface area contributed by atoms with Gasteiger partial charge in [-0.1, -0.05) is 23.7 Å². The van der Waals surface area contributed by atoms with E-state index in [0.29, 0.717) is 23.8 Å². The first-order valence-electron chi connectivity index (χ1n) is 11.2. The Morgan fingerprint density at radius 3 is 2.89 bits per heavy atom. The van der Waals surface area contributed by atoms with E-state index in [2.05, 4.69) is 43.8 Å². The minimum atomic E-state index is -0.134. The van der Waals surface area contributed by atoms with Crippen LogP contribution in [0.15, 0.2) is 72.4 Å². The van der Waals surface area contributed by atoms with Gasteiger partial charge in [0.2, 0.25) is 0 Å². The summed E-state index contributed by atoms with van der Waals surface area (Å²) in [6.45, 7) is 1.16. The number of anilines is 3. The van der Waals surface area contributed by atoms with Crippen molar-refractivity contribution in [2.24, 2.45) is 0 Å². The number of carbonyl (C=O) groups is 1. The van der Waals surface area contributed by atoms with Gasteiger partial charge in [0.05, 0.1) is 21.4 Å². The topological polar surface area (TPSA) is 85.9 Å². The Kier molecular flexibility index (Phi) is 5.60. The number of benzene rings is 2. The number of aromatic amines is 1. The van der Waals surface area contributed by atoms with Crippen molar-refractivity contribution in [3.63, 3.8) is 0 Å². The third-order valence-corrected chi connectivity index (χ3v) is 7.09. The van der Waals surface area contributed by atoms with E-state index in [4.69, 9.17) is 11.6 Å². The molecular formula is C26H21ClN6OS. The molecular weight excluding hydrogens is 480 g/mol. The van der Waals surface area contributed by atoms with Crippen LogP contribution in [0.2, 0.25) is 5.02 Å². The number of carbonyl (C=O) groups excluding carboxylic acids is 1. The van der Waals surface area contributed by atoms with Gasteiger partial charge in [0, 0.05) is 46.8 Å². The number of fused-ring (bicyclic) bond motifs is 2. The molecule has 0 fully saturated rings. The summed E-state index contributed by atoms with van der Waals surface area (Å²) in [5.41, 5.74) is 8.57. The van der Waals surface area contributed by atoms with E-state index in [1.165, 1.54) is 5.57 Å². The van der Waals surface area contributed by atoms with Crippen molar-refractivity contribution >= 4 is 72.9 Å². The third kappa shape index (κ3) is 4.45. The summed E-state index contributed by atoms with van der Waals surface area (Å²) < 4.78 is 1.14. The van der Waals surface area contributed by atoms with E-state index in [-0.39, 0.29) is 6.03 Å². The van der Waals surface area contributed by atoms with E-state index in [1.54, 1.807) is 34.6 Å². The van der Waals surface area contributed by atoms with Gasteiger partial charge in [0.15, 0.2) is 0 Å². The van der Waals surface area contributed by atoms with E-state index in [1.807, 2.05) is 35.8 Å². The average molecular weight is 501 g/mol. The second-order valence-corrected chi connectivity index (χ2v) is 9.65. The molecule has 0 atom stereocenters. The lowest BCUT2D eigenvalue weighted by molar-refractivity contribution is 0.217. The molecule has 4 heterocycles. The second kappa shape index (κ2) is 9.05. The van der Waals surface area contributed by atoms with Crippen molar-refractivity contribution in [2.75, 3.05) is 23.7 Å². The van der Waals surface area contributed by atoms with Crippen LogP contribution in [-0.2, 0) is 0 Å². The maximum absolute atomic E-state index is 12.7. The van der Waals surface area contributed by atoms with Gasteiger partial charge in [-0.2, -0.15) is 0 Å². The molecule has 3 aromatic heterocycles. The van der Waals surface area contributed by atoms with E-state index >= 15 is 0 Å². The maximum atomic E-state index is 12.7. The zero-order valence-electron chi connectivity index (χ0n) is 18.6. The Morgan fingerprint density at radius 1 is 1.09 bits per heavy atom. The summed E-state index contributed by atoms with van der Waals surface area (Å²) in [5, 5.41) is 8.05. The molecule has 1 aliphatic rings. The van der Waals surface area contributed by atoms with E-state index < -0.39 is 0 Å². The second-order valence-electron chi connectivity index (χ2n) is 8.33. The minimum Gasteiger partial charge on any atom is -0.355 e. The molecule has 3 N–H and O–H groups in total. The van der Waals surface area contributed by atoms with Crippen molar-refractivity contribution in [1.82, 2.24) is 19.9 Å². The molecule has 0 bridgehead atoms. The zero-order valence-corrected chi connectivity index (χ0v) is 20.2. The molecule has 6 rings (SSSR count). The van der Waals surface area contributed by atoms with Crippen LogP contribution in [-0.4, -0.2) is 39.0 Å². The number of halogens is 1. The van der Waals surface area contributed by atoms with Crippen LogP contribution < -0.4 is 10.6 Å². The largest absolute Gasteiger partial charge is 0.355 e. The number of rotatable bonds is 4. The molecule has 0 saturated heterocycles. The highest BCUT2D eigenvalue weighted by Gasteiger charge is 2.19. The Morgan fingerprint density at radius 2 is 2.03 bits per heavy atom. The highest BCUT2D eigenvalue weighted by molar-refractivity contribution is 7.16. The van der Waals surface area contributed by atoms with Crippen LogP contribution in [0.1, 0.15) is 12.1 Å². The lowest BCUT2D eigenvalue weighted by atomic mass is 10.0. The molecule has 2 amide bonds. The normalized spacial score (nSPS) is 13.7. The van der Waals surface area contributed by atoms with Gasteiger partial charge in [0.1, 0.15) is 5.65 Å². The number of pyridine rings is 1. The number of amides is 2. The summed E-state index contributed by atoms with van der Waals surface area (Å²) >= 11 is 7.65.